The third-order valence-electron chi connectivity index (χ3n) is 0.848. The highest BCUT2D eigenvalue weighted by molar-refractivity contribution is 7.98. The van der Waals surface area contributed by atoms with Crippen molar-refractivity contribution in [2.75, 3.05) is 11.9 Å². The fourth-order valence-electron chi connectivity index (χ4n) is 0.309. The predicted octanol–water partition coefficient (Wildman–Crippen LogP) is 0.151. The van der Waals surface area contributed by atoms with E-state index in [1.807, 2.05) is 0 Å². The molecule has 9 heavy (non-hydrogen) atoms. The Morgan fingerprint density at radius 1 is 2.11 bits per heavy atom. The molecule has 0 saturated carbocycles. The Morgan fingerprint density at radius 3 is 3.22 bits per heavy atom. The lowest BCUT2D eigenvalue weighted by Crippen LogP contribution is -2.30. The largest absolute Gasteiger partial charge is 0.480 e. The topological polar surface area (TPSA) is 63.3 Å². The molecule has 0 saturated heterocycles. The van der Waals surface area contributed by atoms with Gasteiger partial charge in [0.15, 0.2) is 0 Å². The molecule has 0 aromatic heterocycles. The molecule has 0 spiro atoms. The Morgan fingerprint density at radius 2 is 2.78 bits per heavy atom. The second kappa shape index (κ2) is 4.64. The first-order valence-corrected chi connectivity index (χ1v) is 3.44. The van der Waals surface area contributed by atoms with Crippen LogP contribution in [0.5, 0.6) is 0 Å². The molecular formula is C5H11NO2S. The number of carbonyl (C=O) groups is 1. The highest BCUT2D eigenvalue weighted by Gasteiger charge is 2.08. The minimum atomic E-state index is -2.06. The van der Waals surface area contributed by atoms with Gasteiger partial charge in [-0.1, -0.05) is 0 Å². The Balaban J connectivity index is 3.51. The average Bonchev–Trinajstić information content (AvgIpc) is 1.84. The zero-order chi connectivity index (χ0) is 9.78. The molecule has 0 aliphatic carbocycles. The van der Waals surface area contributed by atoms with E-state index in [0.29, 0.717) is 0 Å². The van der Waals surface area contributed by atoms with Gasteiger partial charge in [0.25, 0.3) is 0 Å². The summed E-state index contributed by atoms with van der Waals surface area (Å²) in [4.78, 5) is 10.2. The molecule has 3 N–H and O–H groups in total. The molecule has 4 heteroatoms. The zero-order valence-corrected chi connectivity index (χ0v) is 5.65. The van der Waals surface area contributed by atoms with Crippen molar-refractivity contribution in [1.29, 1.82) is 0 Å². The van der Waals surface area contributed by atoms with Crippen LogP contribution in [0.1, 0.15) is 10.5 Å². The van der Waals surface area contributed by atoms with E-state index in [1.165, 1.54) is 0 Å². The quantitative estimate of drug-likeness (QED) is 0.564. The summed E-state index contributed by atoms with van der Waals surface area (Å²) in [5.41, 5.74) is 5.15. The third-order valence-corrected chi connectivity index (χ3v) is 1.29. The van der Waals surface area contributed by atoms with E-state index in [-0.39, 0.29) is 12.2 Å². The van der Waals surface area contributed by atoms with Gasteiger partial charge in [-0.15, -0.1) is 0 Å². The van der Waals surface area contributed by atoms with E-state index in [0.717, 1.165) is 11.8 Å². The van der Waals surface area contributed by atoms with Crippen LogP contribution >= 0.6 is 11.8 Å². The number of hydrogen-bond donors (Lipinski definition) is 2. The molecule has 0 bridgehead atoms. The Bertz CT molecular complexity index is 161. The Kier molecular flexibility index (Phi) is 2.36. The van der Waals surface area contributed by atoms with Gasteiger partial charge in [-0.3, -0.25) is 4.79 Å². The maximum Gasteiger partial charge on any atom is 0.320 e. The molecule has 0 rings (SSSR count). The van der Waals surface area contributed by atoms with E-state index in [9.17, 15) is 4.79 Å². The lowest BCUT2D eigenvalue weighted by atomic mass is 10.4. The molecule has 0 unspecified atom stereocenters. The number of aliphatic carboxylic acids is 1. The van der Waals surface area contributed by atoms with Crippen LogP contribution in [0, 0.1) is 0 Å². The number of hydrogen-bond acceptors (Lipinski definition) is 3. The van der Waals surface area contributed by atoms with Crippen LogP contribution in [0.15, 0.2) is 0 Å². The molecule has 0 amide bonds. The summed E-state index contributed by atoms with van der Waals surface area (Å²) in [7, 11) is 0. The van der Waals surface area contributed by atoms with Gasteiger partial charge in [-0.05, 0) is 18.4 Å². The van der Waals surface area contributed by atoms with Crippen molar-refractivity contribution in [2.24, 2.45) is 5.73 Å². The highest BCUT2D eigenvalue weighted by atomic mass is 32.2. The molecule has 0 aromatic carbocycles. The summed E-state index contributed by atoms with van der Waals surface area (Å²) in [5, 5.41) is 8.34. The van der Waals surface area contributed by atoms with Crippen molar-refractivity contribution in [3.63, 3.8) is 0 Å². The van der Waals surface area contributed by atoms with Crippen LogP contribution in [-0.4, -0.2) is 29.1 Å². The Labute approximate surface area is 62.8 Å². The minimum Gasteiger partial charge on any atom is -0.480 e. The van der Waals surface area contributed by atoms with Crippen LogP contribution in [0.4, 0.5) is 0 Å². The van der Waals surface area contributed by atoms with Gasteiger partial charge in [0, 0.05) is 4.11 Å². The normalized spacial score (nSPS) is 19.4. The van der Waals surface area contributed by atoms with Crippen LogP contribution in [-0.2, 0) is 4.79 Å². The SMILES string of the molecule is [2H]C([2H])([2H])SCC[C@H](N)[13C](=O)O. The van der Waals surface area contributed by atoms with Gasteiger partial charge in [0.1, 0.15) is 6.04 Å². The molecule has 0 aliphatic rings. The van der Waals surface area contributed by atoms with Crippen LogP contribution in [0.3, 0.4) is 0 Å². The molecule has 0 heterocycles. The van der Waals surface area contributed by atoms with Gasteiger partial charge in [-0.2, -0.15) is 11.8 Å². The average molecular weight is 153 g/mol. The molecule has 0 aliphatic heterocycles. The van der Waals surface area contributed by atoms with Crippen molar-refractivity contribution >= 4 is 17.7 Å². The van der Waals surface area contributed by atoms with Gasteiger partial charge in [0.2, 0.25) is 0 Å². The first kappa shape index (κ1) is 4.57. The third kappa shape index (κ3) is 4.29. The molecule has 3 nitrogen and oxygen atoms in total. The van der Waals surface area contributed by atoms with Crippen molar-refractivity contribution in [2.45, 2.75) is 12.5 Å². The summed E-state index contributed by atoms with van der Waals surface area (Å²) in [5.74, 6) is -0.856. The first-order chi connectivity index (χ1) is 5.33. The second-order valence-electron chi connectivity index (χ2n) is 1.58. The molecule has 0 radical (unpaired) electrons. The maximum absolute atomic E-state index is 10.2. The number of carboxylic acids is 1. The number of rotatable bonds is 4. The van der Waals surface area contributed by atoms with Crippen LogP contribution < -0.4 is 5.73 Å². The van der Waals surface area contributed by atoms with E-state index < -0.39 is 18.2 Å². The standard InChI is InChI=1S/C5H11NO2S/c1-9-3-2-4(6)5(7)8/h4H,2-3,6H2,1H3,(H,7,8)/t4-/m0/s1/i1D3,5+1. The zero-order valence-electron chi connectivity index (χ0n) is 7.83. The fraction of sp³-hybridized carbons (Fsp3) is 0.800. The molecule has 54 valence electrons. The van der Waals surface area contributed by atoms with E-state index in [4.69, 9.17) is 15.0 Å². The number of nitrogens with two attached hydrogens (primary N) is 1. The van der Waals surface area contributed by atoms with E-state index >= 15 is 0 Å². The summed E-state index contributed by atoms with van der Waals surface area (Å²) in [6, 6.07) is -0.958. The van der Waals surface area contributed by atoms with Crippen molar-refractivity contribution in [3.05, 3.63) is 0 Å². The minimum absolute atomic E-state index is 0.179. The van der Waals surface area contributed by atoms with Crippen LogP contribution in [0.2, 0.25) is 0 Å². The fourth-order valence-corrected chi connectivity index (χ4v) is 0.681. The van der Waals surface area contributed by atoms with E-state index in [2.05, 4.69) is 0 Å². The number of thioether (sulfide) groups is 1. The summed E-state index contributed by atoms with van der Waals surface area (Å²) in [6.45, 7) is 0. The molecule has 0 aromatic rings. The monoisotopic (exact) mass is 153 g/mol. The molecule has 0 fully saturated rings. The van der Waals surface area contributed by atoms with Crippen molar-refractivity contribution in [3.8, 4) is 0 Å². The Hall–Kier alpha value is -0.220. The maximum atomic E-state index is 10.2. The van der Waals surface area contributed by atoms with E-state index in [1.54, 1.807) is 0 Å². The van der Waals surface area contributed by atoms with Crippen molar-refractivity contribution in [1.82, 2.24) is 0 Å². The lowest BCUT2D eigenvalue weighted by Gasteiger charge is -2.02. The summed E-state index contributed by atoms with van der Waals surface area (Å²) < 4.78 is 20.4. The number of carboxylic acid groups (broad SMARTS) is 1. The second-order valence-corrected chi connectivity index (χ2v) is 2.28. The van der Waals surface area contributed by atoms with Crippen LogP contribution in [0.25, 0.3) is 0 Å². The van der Waals surface area contributed by atoms with Gasteiger partial charge >= 0.3 is 5.97 Å². The van der Waals surface area contributed by atoms with Gasteiger partial charge in [0.05, 0.1) is 0 Å². The van der Waals surface area contributed by atoms with Gasteiger partial charge < -0.3 is 10.8 Å². The predicted molar refractivity (Wildman–Crippen MR) is 38.6 cm³/mol. The smallest absolute Gasteiger partial charge is 0.320 e. The van der Waals surface area contributed by atoms with Crippen molar-refractivity contribution < 1.29 is 14.0 Å². The first-order valence-electron chi connectivity index (χ1n) is 3.95. The molecular weight excluding hydrogens is 139 g/mol. The highest BCUT2D eigenvalue weighted by Crippen LogP contribution is 1.97. The summed E-state index contributed by atoms with van der Waals surface area (Å²) >= 11 is 0.736. The summed E-state index contributed by atoms with van der Waals surface area (Å²) in [6.07, 6.45) is -1.88. The van der Waals surface area contributed by atoms with Gasteiger partial charge in [-0.25, -0.2) is 0 Å². The lowest BCUT2D eigenvalue weighted by molar-refractivity contribution is -0.138. The molecule has 1 atom stereocenters.